The number of primary amides is 1. The summed E-state index contributed by atoms with van der Waals surface area (Å²) in [6.07, 6.45) is 2.91. The minimum Gasteiger partial charge on any atom is -0.480 e. The molecule has 0 spiro atoms. The van der Waals surface area contributed by atoms with Crippen LogP contribution >= 0.6 is 0 Å². The zero-order valence-corrected chi connectivity index (χ0v) is 9.52. The van der Waals surface area contributed by atoms with E-state index in [1.165, 1.54) is 4.90 Å². The third kappa shape index (κ3) is 3.93. The van der Waals surface area contributed by atoms with Gasteiger partial charge in [-0.1, -0.05) is 12.8 Å². The van der Waals surface area contributed by atoms with E-state index in [0.717, 1.165) is 19.3 Å². The molecule has 17 heavy (non-hydrogen) atoms. The first-order valence-corrected chi connectivity index (χ1v) is 5.58. The molecular formula is C10H17N3O4. The smallest absolute Gasteiger partial charge is 0.326 e. The number of hydrogen-bond donors (Lipinski definition) is 3. The number of hydrogen-bond acceptors (Lipinski definition) is 3. The second-order valence-electron chi connectivity index (χ2n) is 4.02. The van der Waals surface area contributed by atoms with Gasteiger partial charge >= 0.3 is 12.0 Å². The van der Waals surface area contributed by atoms with Crippen molar-refractivity contribution in [1.82, 2.24) is 10.2 Å². The number of carbonyl (C=O) groups is 3. The van der Waals surface area contributed by atoms with Crippen LogP contribution < -0.4 is 11.1 Å². The molecule has 1 aliphatic heterocycles. The van der Waals surface area contributed by atoms with E-state index in [9.17, 15) is 14.4 Å². The van der Waals surface area contributed by atoms with Gasteiger partial charge < -0.3 is 21.1 Å². The van der Waals surface area contributed by atoms with Crippen LogP contribution in [0.3, 0.4) is 0 Å². The molecule has 0 aliphatic carbocycles. The van der Waals surface area contributed by atoms with Crippen LogP contribution in [0.15, 0.2) is 0 Å². The average Bonchev–Trinajstić information content (AvgIpc) is 2.50. The van der Waals surface area contributed by atoms with Crippen LogP contribution in [-0.4, -0.2) is 47.0 Å². The molecule has 1 fully saturated rings. The van der Waals surface area contributed by atoms with E-state index < -0.39 is 23.9 Å². The van der Waals surface area contributed by atoms with Gasteiger partial charge in [-0.25, -0.2) is 9.59 Å². The molecule has 0 bridgehead atoms. The molecule has 0 aromatic rings. The second kappa shape index (κ2) is 6.07. The van der Waals surface area contributed by atoms with Crippen LogP contribution in [0, 0.1) is 0 Å². The summed E-state index contributed by atoms with van der Waals surface area (Å²) in [4.78, 5) is 34.6. The van der Waals surface area contributed by atoms with Gasteiger partial charge in [0.05, 0.1) is 6.54 Å². The predicted molar refractivity (Wildman–Crippen MR) is 59.2 cm³/mol. The largest absolute Gasteiger partial charge is 0.480 e. The fourth-order valence-corrected chi connectivity index (χ4v) is 1.87. The Morgan fingerprint density at radius 1 is 1.29 bits per heavy atom. The topological polar surface area (TPSA) is 113 Å². The van der Waals surface area contributed by atoms with Crippen LogP contribution in [0.5, 0.6) is 0 Å². The van der Waals surface area contributed by atoms with E-state index >= 15 is 0 Å². The van der Waals surface area contributed by atoms with E-state index in [2.05, 4.69) is 5.32 Å². The highest BCUT2D eigenvalue weighted by Gasteiger charge is 2.30. The fourth-order valence-electron chi connectivity index (χ4n) is 1.87. The first kappa shape index (κ1) is 13.3. The summed E-state index contributed by atoms with van der Waals surface area (Å²) in [5.74, 6) is -1.67. The number of nitrogens with zero attached hydrogens (tertiary/aromatic N) is 1. The Kier molecular flexibility index (Phi) is 4.74. The molecule has 1 rings (SSSR count). The lowest BCUT2D eigenvalue weighted by Gasteiger charge is -2.26. The predicted octanol–water partition coefficient (Wildman–Crippen LogP) is -0.490. The Balaban J connectivity index is 2.65. The molecule has 1 saturated heterocycles. The number of rotatable bonds is 3. The Bertz CT molecular complexity index is 319. The van der Waals surface area contributed by atoms with Crippen molar-refractivity contribution in [2.75, 3.05) is 13.1 Å². The number of aliphatic carboxylic acids is 1. The molecule has 7 heteroatoms. The van der Waals surface area contributed by atoms with Gasteiger partial charge in [-0.05, 0) is 12.8 Å². The van der Waals surface area contributed by atoms with E-state index in [0.29, 0.717) is 13.0 Å². The van der Waals surface area contributed by atoms with Crippen molar-refractivity contribution in [1.29, 1.82) is 0 Å². The average molecular weight is 243 g/mol. The molecule has 0 aromatic carbocycles. The van der Waals surface area contributed by atoms with Crippen molar-refractivity contribution < 1.29 is 19.5 Å². The molecule has 7 nitrogen and oxygen atoms in total. The number of urea groups is 1. The molecule has 0 aromatic heterocycles. The highest BCUT2D eigenvalue weighted by Crippen LogP contribution is 2.16. The van der Waals surface area contributed by atoms with Crippen LogP contribution in [0.4, 0.5) is 4.79 Å². The SMILES string of the molecule is NC(=O)CNC(=O)N1CCCCCC1C(=O)O. The fraction of sp³-hybridized carbons (Fsp3) is 0.700. The summed E-state index contributed by atoms with van der Waals surface area (Å²) in [6.45, 7) is 0.114. The number of carboxylic acids is 1. The maximum atomic E-state index is 11.7. The first-order chi connectivity index (χ1) is 8.02. The Hall–Kier alpha value is -1.79. The van der Waals surface area contributed by atoms with E-state index in [1.54, 1.807) is 0 Å². The number of carbonyl (C=O) groups excluding carboxylic acids is 2. The number of carboxylic acid groups (broad SMARTS) is 1. The zero-order chi connectivity index (χ0) is 12.8. The molecular weight excluding hydrogens is 226 g/mol. The van der Waals surface area contributed by atoms with Crippen molar-refractivity contribution in [3.63, 3.8) is 0 Å². The Morgan fingerprint density at radius 3 is 2.59 bits per heavy atom. The number of amides is 3. The number of likely N-dealkylation sites (tertiary alicyclic amines) is 1. The van der Waals surface area contributed by atoms with Gasteiger partial charge in [0.1, 0.15) is 6.04 Å². The minimum atomic E-state index is -1.01. The zero-order valence-electron chi connectivity index (χ0n) is 9.52. The molecule has 4 N–H and O–H groups in total. The molecule has 1 heterocycles. The normalized spacial score (nSPS) is 20.5. The molecule has 1 atom stereocenters. The van der Waals surface area contributed by atoms with Crippen molar-refractivity contribution in [3.8, 4) is 0 Å². The summed E-state index contributed by atoms with van der Waals surface area (Å²) >= 11 is 0. The molecule has 3 amide bonds. The molecule has 0 saturated carbocycles. The standard InChI is InChI=1S/C10H17N3O4/c11-8(14)6-12-10(17)13-5-3-1-2-4-7(13)9(15)16/h7H,1-6H2,(H2,11,14)(H,12,17)(H,15,16). The van der Waals surface area contributed by atoms with Crippen LogP contribution in [0.2, 0.25) is 0 Å². The molecule has 1 aliphatic rings. The molecule has 1 unspecified atom stereocenters. The summed E-state index contributed by atoms with van der Waals surface area (Å²) in [6, 6.07) is -1.36. The highest BCUT2D eigenvalue weighted by atomic mass is 16.4. The Labute approximate surface area is 98.9 Å². The van der Waals surface area contributed by atoms with E-state index in [4.69, 9.17) is 10.8 Å². The van der Waals surface area contributed by atoms with Gasteiger partial charge in [0.15, 0.2) is 0 Å². The van der Waals surface area contributed by atoms with Crippen molar-refractivity contribution >= 4 is 17.9 Å². The lowest BCUT2D eigenvalue weighted by Crippen LogP contribution is -2.50. The summed E-state index contributed by atoms with van der Waals surface area (Å²) < 4.78 is 0. The molecule has 0 radical (unpaired) electrons. The lowest BCUT2D eigenvalue weighted by molar-refractivity contribution is -0.142. The van der Waals surface area contributed by atoms with E-state index in [-0.39, 0.29) is 6.54 Å². The van der Waals surface area contributed by atoms with Crippen LogP contribution in [0.1, 0.15) is 25.7 Å². The van der Waals surface area contributed by atoms with Crippen molar-refractivity contribution in [2.24, 2.45) is 5.73 Å². The monoisotopic (exact) mass is 243 g/mol. The van der Waals surface area contributed by atoms with E-state index in [1.807, 2.05) is 0 Å². The number of nitrogens with one attached hydrogen (secondary N) is 1. The lowest BCUT2D eigenvalue weighted by atomic mass is 10.1. The highest BCUT2D eigenvalue weighted by molar-refractivity contribution is 5.86. The van der Waals surface area contributed by atoms with Gasteiger partial charge in [0, 0.05) is 6.54 Å². The van der Waals surface area contributed by atoms with Crippen LogP contribution in [-0.2, 0) is 9.59 Å². The quantitative estimate of drug-likeness (QED) is 0.620. The number of nitrogens with two attached hydrogens (primary N) is 1. The van der Waals surface area contributed by atoms with Crippen molar-refractivity contribution in [3.05, 3.63) is 0 Å². The Morgan fingerprint density at radius 2 is 2.00 bits per heavy atom. The maximum Gasteiger partial charge on any atom is 0.326 e. The van der Waals surface area contributed by atoms with Crippen LogP contribution in [0.25, 0.3) is 0 Å². The van der Waals surface area contributed by atoms with Gasteiger partial charge in [-0.3, -0.25) is 4.79 Å². The minimum absolute atomic E-state index is 0.276. The maximum absolute atomic E-state index is 11.7. The summed E-state index contributed by atoms with van der Waals surface area (Å²) in [7, 11) is 0. The third-order valence-corrected chi connectivity index (χ3v) is 2.71. The van der Waals surface area contributed by atoms with Gasteiger partial charge in [0.25, 0.3) is 0 Å². The summed E-state index contributed by atoms with van der Waals surface area (Å²) in [5, 5.41) is 11.4. The first-order valence-electron chi connectivity index (χ1n) is 5.58. The third-order valence-electron chi connectivity index (χ3n) is 2.71. The summed E-state index contributed by atoms with van der Waals surface area (Å²) in [5.41, 5.74) is 4.91. The molecule has 96 valence electrons. The van der Waals surface area contributed by atoms with Crippen molar-refractivity contribution in [2.45, 2.75) is 31.7 Å². The van der Waals surface area contributed by atoms with Gasteiger partial charge in [0.2, 0.25) is 5.91 Å². The van der Waals surface area contributed by atoms with Gasteiger partial charge in [-0.15, -0.1) is 0 Å². The second-order valence-corrected chi connectivity index (χ2v) is 4.02. The van der Waals surface area contributed by atoms with Gasteiger partial charge in [-0.2, -0.15) is 0 Å².